The fraction of sp³-hybridized carbons (Fsp3) is 0.143. The Labute approximate surface area is 110 Å². The highest BCUT2D eigenvalue weighted by molar-refractivity contribution is 7.99. The first kappa shape index (κ1) is 12.6. The fourth-order valence-electron chi connectivity index (χ4n) is 1.61. The third-order valence-electron chi connectivity index (χ3n) is 2.47. The highest BCUT2D eigenvalue weighted by Gasteiger charge is 2.05. The zero-order chi connectivity index (χ0) is 13.0. The quantitative estimate of drug-likeness (QED) is 0.853. The molecule has 0 bridgehead atoms. The second kappa shape index (κ2) is 5.69. The van der Waals surface area contributed by atoms with Crippen molar-refractivity contribution in [3.8, 4) is 11.3 Å². The van der Waals surface area contributed by atoms with Gasteiger partial charge in [0.05, 0.1) is 11.3 Å². The molecule has 0 radical (unpaired) electrons. The van der Waals surface area contributed by atoms with Gasteiger partial charge in [0.1, 0.15) is 0 Å². The Bertz CT molecular complexity index is 552. The molecule has 0 aliphatic carbocycles. The Morgan fingerprint density at radius 1 is 1.28 bits per heavy atom. The van der Waals surface area contributed by atoms with Crippen LogP contribution in [0.25, 0.3) is 11.3 Å². The second-order valence-electron chi connectivity index (χ2n) is 3.69. The Kier molecular flexibility index (Phi) is 3.99. The summed E-state index contributed by atoms with van der Waals surface area (Å²) in [5.74, 6) is 0.100. The fourth-order valence-corrected chi connectivity index (χ4v) is 2.27. The van der Waals surface area contributed by atoms with Crippen LogP contribution in [-0.4, -0.2) is 21.8 Å². The highest BCUT2D eigenvalue weighted by atomic mass is 32.2. The van der Waals surface area contributed by atoms with E-state index >= 15 is 0 Å². The van der Waals surface area contributed by atoms with Crippen LogP contribution in [0.15, 0.2) is 47.5 Å². The van der Waals surface area contributed by atoms with Gasteiger partial charge in [-0.3, -0.25) is 4.98 Å². The summed E-state index contributed by atoms with van der Waals surface area (Å²) in [6.07, 6.45) is 1.52. The van der Waals surface area contributed by atoms with Gasteiger partial charge in [0.15, 0.2) is 0 Å². The van der Waals surface area contributed by atoms with Crippen molar-refractivity contribution >= 4 is 17.7 Å². The van der Waals surface area contributed by atoms with Crippen LogP contribution >= 0.6 is 11.8 Å². The van der Waals surface area contributed by atoms with Gasteiger partial charge < -0.3 is 5.11 Å². The molecule has 2 rings (SSSR count). The molecule has 2 aromatic rings. The zero-order valence-electron chi connectivity index (χ0n) is 9.96. The molecule has 3 nitrogen and oxygen atoms in total. The van der Waals surface area contributed by atoms with Crippen LogP contribution < -0.4 is 0 Å². The van der Waals surface area contributed by atoms with E-state index in [-0.39, 0.29) is 5.56 Å². The number of carboxylic acid groups (broad SMARTS) is 1. The number of hydrogen-bond donors (Lipinski definition) is 1. The van der Waals surface area contributed by atoms with Crippen molar-refractivity contribution in [2.75, 3.05) is 5.75 Å². The van der Waals surface area contributed by atoms with E-state index in [0.29, 0.717) is 5.69 Å². The van der Waals surface area contributed by atoms with Gasteiger partial charge in [-0.1, -0.05) is 19.1 Å². The normalized spacial score (nSPS) is 10.3. The van der Waals surface area contributed by atoms with Crippen molar-refractivity contribution < 1.29 is 9.90 Å². The van der Waals surface area contributed by atoms with Gasteiger partial charge in [0, 0.05) is 16.7 Å². The van der Waals surface area contributed by atoms with Crippen molar-refractivity contribution in [1.82, 2.24) is 4.98 Å². The third kappa shape index (κ3) is 2.90. The Morgan fingerprint density at radius 3 is 2.61 bits per heavy atom. The summed E-state index contributed by atoms with van der Waals surface area (Å²) in [6, 6.07) is 11.1. The molecule has 1 heterocycles. The molecule has 1 aromatic carbocycles. The van der Waals surface area contributed by atoms with Crippen LogP contribution in [0.4, 0.5) is 0 Å². The second-order valence-corrected chi connectivity index (χ2v) is 5.03. The van der Waals surface area contributed by atoms with Crippen LogP contribution in [0.2, 0.25) is 0 Å². The van der Waals surface area contributed by atoms with E-state index in [1.54, 1.807) is 17.8 Å². The number of aromatic carboxylic acids is 1. The topological polar surface area (TPSA) is 50.2 Å². The third-order valence-corrected chi connectivity index (χ3v) is 3.36. The minimum Gasteiger partial charge on any atom is -0.478 e. The van der Waals surface area contributed by atoms with Gasteiger partial charge in [-0.15, -0.1) is 11.8 Å². The first-order chi connectivity index (χ1) is 8.70. The summed E-state index contributed by atoms with van der Waals surface area (Å²) >= 11 is 1.77. The molecule has 18 heavy (non-hydrogen) atoms. The first-order valence-corrected chi connectivity index (χ1v) is 6.62. The summed E-state index contributed by atoms with van der Waals surface area (Å²) < 4.78 is 0. The Morgan fingerprint density at radius 2 is 2.00 bits per heavy atom. The molecule has 0 atom stereocenters. The van der Waals surface area contributed by atoms with Crippen LogP contribution in [0.3, 0.4) is 0 Å². The van der Waals surface area contributed by atoms with Crippen molar-refractivity contribution in [3.63, 3.8) is 0 Å². The largest absolute Gasteiger partial charge is 0.478 e. The number of nitrogens with zero attached hydrogens (tertiary/aromatic N) is 1. The number of aromatic nitrogens is 1. The van der Waals surface area contributed by atoms with Gasteiger partial charge in [0.2, 0.25) is 0 Å². The monoisotopic (exact) mass is 259 g/mol. The summed E-state index contributed by atoms with van der Waals surface area (Å²) in [5, 5.41) is 8.94. The first-order valence-electron chi connectivity index (χ1n) is 5.63. The van der Waals surface area contributed by atoms with Crippen molar-refractivity contribution in [1.29, 1.82) is 0 Å². The van der Waals surface area contributed by atoms with E-state index in [9.17, 15) is 4.79 Å². The van der Waals surface area contributed by atoms with Crippen molar-refractivity contribution in [2.24, 2.45) is 0 Å². The van der Waals surface area contributed by atoms with E-state index < -0.39 is 5.97 Å². The molecule has 0 saturated heterocycles. The molecular formula is C14H13NO2S. The van der Waals surface area contributed by atoms with Gasteiger partial charge in [-0.25, -0.2) is 4.79 Å². The highest BCUT2D eigenvalue weighted by Crippen LogP contribution is 2.23. The lowest BCUT2D eigenvalue weighted by Gasteiger charge is -2.03. The average Bonchev–Trinajstić information content (AvgIpc) is 2.40. The number of carbonyl (C=O) groups is 1. The maximum absolute atomic E-state index is 10.9. The average molecular weight is 259 g/mol. The molecule has 0 aliphatic heterocycles. The molecule has 0 saturated carbocycles. The molecule has 1 N–H and O–H groups in total. The maximum Gasteiger partial charge on any atom is 0.335 e. The van der Waals surface area contributed by atoms with Crippen LogP contribution in [0.1, 0.15) is 17.3 Å². The minimum absolute atomic E-state index is 0.256. The molecule has 0 unspecified atom stereocenters. The molecule has 0 amide bonds. The number of benzene rings is 1. The van der Waals surface area contributed by atoms with Crippen LogP contribution in [0, 0.1) is 0 Å². The number of hydrogen-bond acceptors (Lipinski definition) is 3. The zero-order valence-corrected chi connectivity index (χ0v) is 10.8. The molecule has 1 aromatic heterocycles. The van der Waals surface area contributed by atoms with Gasteiger partial charge in [-0.05, 0) is 30.0 Å². The van der Waals surface area contributed by atoms with Crippen molar-refractivity contribution in [3.05, 3.63) is 48.2 Å². The van der Waals surface area contributed by atoms with Gasteiger partial charge in [0.25, 0.3) is 0 Å². The number of carboxylic acids is 1. The standard InChI is InChI=1S/C14H13NO2S/c1-2-18-12-5-3-10(4-6-12)13-9-11(14(16)17)7-8-15-13/h3-9H,2H2,1H3,(H,16,17). The summed E-state index contributed by atoms with van der Waals surface area (Å²) in [4.78, 5) is 16.3. The van der Waals surface area contributed by atoms with E-state index in [0.717, 1.165) is 11.3 Å². The van der Waals surface area contributed by atoms with Crippen LogP contribution in [0.5, 0.6) is 0 Å². The number of pyridine rings is 1. The minimum atomic E-state index is -0.934. The molecule has 4 heteroatoms. The van der Waals surface area contributed by atoms with Crippen LogP contribution in [-0.2, 0) is 0 Å². The van der Waals surface area contributed by atoms with E-state index in [1.807, 2.05) is 24.3 Å². The van der Waals surface area contributed by atoms with E-state index in [4.69, 9.17) is 5.11 Å². The van der Waals surface area contributed by atoms with Gasteiger partial charge in [-0.2, -0.15) is 0 Å². The number of thioether (sulfide) groups is 1. The molecule has 0 spiro atoms. The Hall–Kier alpha value is -1.81. The van der Waals surface area contributed by atoms with Crippen molar-refractivity contribution in [2.45, 2.75) is 11.8 Å². The number of rotatable bonds is 4. The molecule has 0 aliphatic rings. The summed E-state index contributed by atoms with van der Waals surface area (Å²) in [5.41, 5.74) is 1.87. The predicted molar refractivity (Wildman–Crippen MR) is 73.0 cm³/mol. The van der Waals surface area contributed by atoms with E-state index in [2.05, 4.69) is 11.9 Å². The molecular weight excluding hydrogens is 246 g/mol. The predicted octanol–water partition coefficient (Wildman–Crippen LogP) is 3.56. The summed E-state index contributed by atoms with van der Waals surface area (Å²) in [7, 11) is 0. The lowest BCUT2D eigenvalue weighted by Crippen LogP contribution is -1.97. The smallest absolute Gasteiger partial charge is 0.335 e. The molecule has 0 fully saturated rings. The lowest BCUT2D eigenvalue weighted by molar-refractivity contribution is 0.0697. The van der Waals surface area contributed by atoms with Gasteiger partial charge >= 0.3 is 5.97 Å². The molecule has 92 valence electrons. The Balaban J connectivity index is 2.30. The lowest BCUT2D eigenvalue weighted by atomic mass is 10.1. The SMILES string of the molecule is CCSc1ccc(-c2cc(C(=O)O)ccn2)cc1. The van der Waals surface area contributed by atoms with E-state index in [1.165, 1.54) is 17.2 Å². The maximum atomic E-state index is 10.9. The summed E-state index contributed by atoms with van der Waals surface area (Å²) in [6.45, 7) is 2.11.